The number of primary amides is 1. The van der Waals surface area contributed by atoms with Crippen LogP contribution in [-0.2, 0) is 6.54 Å². The van der Waals surface area contributed by atoms with E-state index in [9.17, 15) is 9.90 Å². The molecule has 2 aromatic carbocycles. The van der Waals surface area contributed by atoms with E-state index in [0.717, 1.165) is 11.3 Å². The maximum absolute atomic E-state index is 11.0. The highest BCUT2D eigenvalue weighted by atomic mass is 16.3. The molecule has 2 aromatic rings. The Hall–Kier alpha value is -2.49. The van der Waals surface area contributed by atoms with E-state index in [1.807, 2.05) is 30.3 Å². The quantitative estimate of drug-likeness (QED) is 0.768. The zero-order valence-electron chi connectivity index (χ0n) is 9.76. The Morgan fingerprint density at radius 3 is 2.50 bits per heavy atom. The van der Waals surface area contributed by atoms with Gasteiger partial charge in [0.2, 0.25) is 0 Å². The van der Waals surface area contributed by atoms with Gasteiger partial charge in [0.1, 0.15) is 5.75 Å². The lowest BCUT2D eigenvalue weighted by Crippen LogP contribution is -2.11. The third-order valence-electron chi connectivity index (χ3n) is 2.60. The molecule has 92 valence electrons. The zero-order chi connectivity index (χ0) is 13.0. The first kappa shape index (κ1) is 12.0. The molecule has 0 saturated heterocycles. The molecule has 0 fully saturated rings. The molecule has 4 heteroatoms. The van der Waals surface area contributed by atoms with Gasteiger partial charge in [0, 0.05) is 12.2 Å². The first-order chi connectivity index (χ1) is 8.66. The van der Waals surface area contributed by atoms with Gasteiger partial charge in [-0.2, -0.15) is 0 Å². The average molecular weight is 242 g/mol. The summed E-state index contributed by atoms with van der Waals surface area (Å²) in [4.78, 5) is 11.0. The van der Waals surface area contributed by atoms with Crippen molar-refractivity contribution in [2.24, 2.45) is 5.73 Å². The number of carbonyl (C=O) groups excluding carboxylic acids is 1. The Labute approximate surface area is 105 Å². The van der Waals surface area contributed by atoms with Crippen molar-refractivity contribution in [2.75, 3.05) is 5.32 Å². The molecule has 0 aliphatic carbocycles. The number of nitrogens with one attached hydrogen (secondary N) is 1. The smallest absolute Gasteiger partial charge is 0.252 e. The van der Waals surface area contributed by atoms with E-state index in [0.29, 0.717) is 6.54 Å². The predicted octanol–water partition coefficient (Wildman–Crippen LogP) is 2.10. The molecule has 4 nitrogen and oxygen atoms in total. The summed E-state index contributed by atoms with van der Waals surface area (Å²) in [5.74, 6) is -0.718. The van der Waals surface area contributed by atoms with E-state index in [1.54, 1.807) is 6.07 Å². The number of hydrogen-bond donors (Lipinski definition) is 3. The van der Waals surface area contributed by atoms with Gasteiger partial charge in [-0.1, -0.05) is 24.3 Å². The average Bonchev–Trinajstić information content (AvgIpc) is 2.37. The number of carbonyl (C=O) groups is 1. The minimum atomic E-state index is -0.630. The maximum atomic E-state index is 11.0. The molecule has 0 saturated carbocycles. The van der Waals surface area contributed by atoms with Gasteiger partial charge in [-0.15, -0.1) is 0 Å². The van der Waals surface area contributed by atoms with Crippen LogP contribution in [0.5, 0.6) is 5.75 Å². The Morgan fingerprint density at radius 1 is 1.17 bits per heavy atom. The molecular formula is C14H14N2O2. The number of anilines is 1. The van der Waals surface area contributed by atoms with E-state index >= 15 is 0 Å². The summed E-state index contributed by atoms with van der Waals surface area (Å²) in [5.41, 5.74) is 7.13. The second kappa shape index (κ2) is 5.23. The van der Waals surface area contributed by atoms with Crippen LogP contribution in [0.4, 0.5) is 5.69 Å². The molecule has 0 bridgehead atoms. The van der Waals surface area contributed by atoms with Crippen molar-refractivity contribution in [3.63, 3.8) is 0 Å². The van der Waals surface area contributed by atoms with Crippen molar-refractivity contribution in [3.8, 4) is 5.75 Å². The summed E-state index contributed by atoms with van der Waals surface area (Å²) in [7, 11) is 0. The highest BCUT2D eigenvalue weighted by Gasteiger charge is 2.07. The van der Waals surface area contributed by atoms with Crippen LogP contribution in [-0.4, -0.2) is 11.0 Å². The van der Waals surface area contributed by atoms with E-state index in [4.69, 9.17) is 5.73 Å². The van der Waals surface area contributed by atoms with Gasteiger partial charge in [-0.05, 0) is 29.8 Å². The Morgan fingerprint density at radius 2 is 1.89 bits per heavy atom. The van der Waals surface area contributed by atoms with E-state index in [2.05, 4.69) is 5.32 Å². The van der Waals surface area contributed by atoms with Crippen LogP contribution in [0.2, 0.25) is 0 Å². The van der Waals surface area contributed by atoms with Crippen molar-refractivity contribution in [2.45, 2.75) is 6.54 Å². The summed E-state index contributed by atoms with van der Waals surface area (Å²) in [6.07, 6.45) is 0. The van der Waals surface area contributed by atoms with Gasteiger partial charge in [0.05, 0.1) is 5.56 Å². The van der Waals surface area contributed by atoms with Crippen LogP contribution in [0.1, 0.15) is 15.9 Å². The summed E-state index contributed by atoms with van der Waals surface area (Å²) in [6.45, 7) is 0.566. The first-order valence-electron chi connectivity index (χ1n) is 5.57. The predicted molar refractivity (Wildman–Crippen MR) is 70.4 cm³/mol. The Bertz CT molecular complexity index is 553. The molecule has 0 unspecified atom stereocenters. The zero-order valence-corrected chi connectivity index (χ0v) is 9.76. The van der Waals surface area contributed by atoms with E-state index in [1.165, 1.54) is 12.1 Å². The number of phenols is 1. The number of aromatic hydroxyl groups is 1. The summed E-state index contributed by atoms with van der Waals surface area (Å²) >= 11 is 0. The molecule has 0 atom stereocenters. The molecule has 4 N–H and O–H groups in total. The van der Waals surface area contributed by atoms with Crippen LogP contribution in [0.25, 0.3) is 0 Å². The molecule has 0 aliphatic rings. The van der Waals surface area contributed by atoms with E-state index in [-0.39, 0.29) is 11.3 Å². The highest BCUT2D eigenvalue weighted by Crippen LogP contribution is 2.19. The Balaban J connectivity index is 2.07. The molecule has 0 radical (unpaired) electrons. The molecule has 1 amide bonds. The van der Waals surface area contributed by atoms with Crippen molar-refractivity contribution in [1.29, 1.82) is 0 Å². The fraction of sp³-hybridized carbons (Fsp3) is 0.0714. The molecule has 18 heavy (non-hydrogen) atoms. The van der Waals surface area contributed by atoms with Gasteiger partial charge in [-0.25, -0.2) is 0 Å². The number of amides is 1. The normalized spacial score (nSPS) is 10.0. The summed E-state index contributed by atoms with van der Waals surface area (Å²) < 4.78 is 0. The second-order valence-electron chi connectivity index (χ2n) is 3.94. The van der Waals surface area contributed by atoms with Gasteiger partial charge < -0.3 is 16.2 Å². The van der Waals surface area contributed by atoms with Gasteiger partial charge in [0.25, 0.3) is 5.91 Å². The number of benzene rings is 2. The molecular weight excluding hydrogens is 228 g/mol. The number of hydrogen-bond acceptors (Lipinski definition) is 3. The van der Waals surface area contributed by atoms with Crippen molar-refractivity contribution < 1.29 is 9.90 Å². The van der Waals surface area contributed by atoms with Gasteiger partial charge >= 0.3 is 0 Å². The minimum absolute atomic E-state index is 0.0881. The monoisotopic (exact) mass is 242 g/mol. The fourth-order valence-corrected chi connectivity index (χ4v) is 1.66. The number of para-hydroxylation sites is 1. The largest absolute Gasteiger partial charge is 0.507 e. The van der Waals surface area contributed by atoms with Gasteiger partial charge in [0.15, 0.2) is 0 Å². The number of nitrogens with two attached hydrogens (primary N) is 1. The van der Waals surface area contributed by atoms with E-state index < -0.39 is 5.91 Å². The third-order valence-corrected chi connectivity index (χ3v) is 2.60. The van der Waals surface area contributed by atoms with Crippen molar-refractivity contribution in [1.82, 2.24) is 0 Å². The van der Waals surface area contributed by atoms with Crippen LogP contribution < -0.4 is 11.1 Å². The Kier molecular flexibility index (Phi) is 3.48. The molecule has 0 aromatic heterocycles. The van der Waals surface area contributed by atoms with Crippen molar-refractivity contribution >= 4 is 11.6 Å². The first-order valence-corrected chi connectivity index (χ1v) is 5.57. The van der Waals surface area contributed by atoms with Crippen LogP contribution in [0.15, 0.2) is 48.5 Å². The minimum Gasteiger partial charge on any atom is -0.507 e. The lowest BCUT2D eigenvalue weighted by Gasteiger charge is -2.08. The lowest BCUT2D eigenvalue weighted by molar-refractivity contribution is 0.0998. The standard InChI is InChI=1S/C14H14N2O2/c15-14(18)12-7-6-10(8-13(12)17)9-16-11-4-2-1-3-5-11/h1-8,16-17H,9H2,(H2,15,18). The summed E-state index contributed by atoms with van der Waals surface area (Å²) in [6, 6.07) is 14.6. The third kappa shape index (κ3) is 2.79. The summed E-state index contributed by atoms with van der Waals surface area (Å²) in [5, 5.41) is 12.8. The highest BCUT2D eigenvalue weighted by molar-refractivity contribution is 5.95. The molecule has 0 spiro atoms. The van der Waals surface area contributed by atoms with Crippen LogP contribution >= 0.6 is 0 Å². The topological polar surface area (TPSA) is 75.4 Å². The molecule has 0 aliphatic heterocycles. The van der Waals surface area contributed by atoms with Crippen LogP contribution in [0.3, 0.4) is 0 Å². The lowest BCUT2D eigenvalue weighted by atomic mass is 10.1. The molecule has 0 heterocycles. The second-order valence-corrected chi connectivity index (χ2v) is 3.94. The SMILES string of the molecule is NC(=O)c1ccc(CNc2ccccc2)cc1O. The van der Waals surface area contributed by atoms with Gasteiger partial charge in [-0.3, -0.25) is 4.79 Å². The maximum Gasteiger partial charge on any atom is 0.252 e. The molecule has 2 rings (SSSR count). The van der Waals surface area contributed by atoms with Crippen molar-refractivity contribution in [3.05, 3.63) is 59.7 Å². The number of rotatable bonds is 4. The van der Waals surface area contributed by atoms with Crippen LogP contribution in [0, 0.1) is 0 Å². The fourth-order valence-electron chi connectivity index (χ4n) is 1.66.